The van der Waals surface area contributed by atoms with Crippen LogP contribution in [0.2, 0.25) is 0 Å². The Bertz CT molecular complexity index is 68.1. The lowest BCUT2D eigenvalue weighted by molar-refractivity contribution is -0.107. The molecule has 0 aromatic rings. The number of hydrogen-bond acceptors (Lipinski definition) is 3. The van der Waals surface area contributed by atoms with Crippen LogP contribution in [-0.4, -0.2) is 29.7 Å². The van der Waals surface area contributed by atoms with Crippen LogP contribution >= 0.6 is 0 Å². The smallest absolute Gasteiger partial charge is 0.151 e. The first-order valence-corrected chi connectivity index (χ1v) is 2.73. The highest BCUT2D eigenvalue weighted by Gasteiger charge is 2.20. The van der Waals surface area contributed by atoms with Crippen molar-refractivity contribution >= 4 is 0 Å². The summed E-state index contributed by atoms with van der Waals surface area (Å²) in [6.07, 6.45) is -0.691. The molecule has 1 saturated heterocycles. The predicted molar refractivity (Wildman–Crippen MR) is 27.2 cm³/mol. The third-order valence-corrected chi connectivity index (χ3v) is 1.25. The zero-order chi connectivity index (χ0) is 5.98. The molecule has 8 heavy (non-hydrogen) atoms. The first kappa shape index (κ1) is 6.01. The zero-order valence-electron chi connectivity index (χ0n) is 4.58. The van der Waals surface area contributed by atoms with Crippen molar-refractivity contribution in [3.05, 3.63) is 0 Å². The molecule has 0 saturated carbocycles. The molecule has 0 atom stereocenters. The molecule has 2 N–H and O–H groups in total. The quantitative estimate of drug-likeness (QED) is 0.473. The molecular formula is C5H10O3. The Balaban J connectivity index is 2.01. The summed E-state index contributed by atoms with van der Waals surface area (Å²) in [4.78, 5) is 0. The maximum absolute atomic E-state index is 8.39. The van der Waals surface area contributed by atoms with Crippen molar-refractivity contribution in [2.45, 2.75) is 12.7 Å². The average molecular weight is 118 g/mol. The molecule has 3 nitrogen and oxygen atoms in total. The van der Waals surface area contributed by atoms with Gasteiger partial charge in [-0.2, -0.15) is 0 Å². The SMILES string of the molecule is OC(O)CC1COC1. The lowest BCUT2D eigenvalue weighted by atomic mass is 10.0. The Morgan fingerprint density at radius 2 is 2.12 bits per heavy atom. The van der Waals surface area contributed by atoms with Crippen molar-refractivity contribution in [1.29, 1.82) is 0 Å². The number of aliphatic hydroxyl groups excluding tert-OH is 1. The summed E-state index contributed by atoms with van der Waals surface area (Å²) in [6, 6.07) is 0. The second-order valence-corrected chi connectivity index (χ2v) is 2.12. The van der Waals surface area contributed by atoms with Gasteiger partial charge in [0.05, 0.1) is 13.2 Å². The van der Waals surface area contributed by atoms with Gasteiger partial charge in [-0.25, -0.2) is 0 Å². The van der Waals surface area contributed by atoms with E-state index < -0.39 is 6.29 Å². The molecule has 3 heteroatoms. The lowest BCUT2D eigenvalue weighted by Gasteiger charge is -2.26. The molecule has 48 valence electrons. The summed E-state index contributed by atoms with van der Waals surface area (Å²) >= 11 is 0. The highest BCUT2D eigenvalue weighted by atomic mass is 16.5. The van der Waals surface area contributed by atoms with Crippen LogP contribution in [0, 0.1) is 5.92 Å². The summed E-state index contributed by atoms with van der Waals surface area (Å²) in [7, 11) is 0. The molecule has 0 spiro atoms. The van der Waals surface area contributed by atoms with E-state index in [9.17, 15) is 0 Å². The van der Waals surface area contributed by atoms with Crippen LogP contribution in [0.5, 0.6) is 0 Å². The van der Waals surface area contributed by atoms with Gasteiger partial charge in [0.2, 0.25) is 0 Å². The minimum atomic E-state index is -1.15. The van der Waals surface area contributed by atoms with Gasteiger partial charge < -0.3 is 14.9 Å². The Labute approximate surface area is 47.9 Å². The summed E-state index contributed by atoms with van der Waals surface area (Å²) in [5.74, 6) is 0.384. The molecule has 0 aliphatic carbocycles. The van der Waals surface area contributed by atoms with Crippen LogP contribution in [0.25, 0.3) is 0 Å². The molecule has 1 aliphatic heterocycles. The van der Waals surface area contributed by atoms with Crippen molar-refractivity contribution in [1.82, 2.24) is 0 Å². The number of hydrogen-bond donors (Lipinski definition) is 2. The van der Waals surface area contributed by atoms with E-state index >= 15 is 0 Å². The van der Waals surface area contributed by atoms with E-state index in [0.717, 1.165) is 0 Å². The minimum absolute atomic E-state index is 0.384. The first-order valence-electron chi connectivity index (χ1n) is 2.73. The molecule has 1 heterocycles. The van der Waals surface area contributed by atoms with Crippen LogP contribution in [0.1, 0.15) is 6.42 Å². The minimum Gasteiger partial charge on any atom is -0.381 e. The maximum Gasteiger partial charge on any atom is 0.151 e. The highest BCUT2D eigenvalue weighted by Crippen LogP contribution is 2.14. The molecule has 1 rings (SSSR count). The van der Waals surface area contributed by atoms with E-state index in [2.05, 4.69) is 0 Å². The third kappa shape index (κ3) is 1.43. The van der Waals surface area contributed by atoms with E-state index in [0.29, 0.717) is 25.6 Å². The molecule has 1 aliphatic rings. The standard InChI is InChI=1S/C5H10O3/c6-5(7)1-4-2-8-3-4/h4-7H,1-3H2. The van der Waals surface area contributed by atoms with Crippen LogP contribution in [0.4, 0.5) is 0 Å². The van der Waals surface area contributed by atoms with Crippen molar-refractivity contribution in [3.8, 4) is 0 Å². The van der Waals surface area contributed by atoms with Crippen LogP contribution in [0.3, 0.4) is 0 Å². The fourth-order valence-corrected chi connectivity index (χ4v) is 0.719. The molecule has 0 bridgehead atoms. The monoisotopic (exact) mass is 118 g/mol. The van der Waals surface area contributed by atoms with Gasteiger partial charge in [0.25, 0.3) is 0 Å². The van der Waals surface area contributed by atoms with Crippen molar-refractivity contribution < 1.29 is 14.9 Å². The first-order chi connectivity index (χ1) is 3.79. The Kier molecular flexibility index (Phi) is 1.83. The molecule has 0 aromatic carbocycles. The van der Waals surface area contributed by atoms with Gasteiger partial charge in [0.15, 0.2) is 6.29 Å². The summed E-state index contributed by atoms with van der Waals surface area (Å²) < 4.78 is 4.81. The lowest BCUT2D eigenvalue weighted by Crippen LogP contribution is -2.30. The number of rotatable bonds is 2. The van der Waals surface area contributed by atoms with Crippen LogP contribution in [0.15, 0.2) is 0 Å². The van der Waals surface area contributed by atoms with Gasteiger partial charge in [-0.3, -0.25) is 0 Å². The Morgan fingerprint density at radius 1 is 1.50 bits per heavy atom. The Hall–Kier alpha value is -0.120. The normalized spacial score (nSPS) is 21.4. The fraction of sp³-hybridized carbons (Fsp3) is 1.00. The van der Waals surface area contributed by atoms with Gasteiger partial charge in [0, 0.05) is 12.3 Å². The van der Waals surface area contributed by atoms with Gasteiger partial charge in [-0.05, 0) is 0 Å². The van der Waals surface area contributed by atoms with E-state index in [1.807, 2.05) is 0 Å². The van der Waals surface area contributed by atoms with Gasteiger partial charge in [-0.1, -0.05) is 0 Å². The summed E-state index contributed by atoms with van der Waals surface area (Å²) in [5.41, 5.74) is 0. The largest absolute Gasteiger partial charge is 0.381 e. The van der Waals surface area contributed by atoms with Crippen molar-refractivity contribution in [2.24, 2.45) is 5.92 Å². The van der Waals surface area contributed by atoms with E-state index in [-0.39, 0.29) is 0 Å². The van der Waals surface area contributed by atoms with Crippen molar-refractivity contribution in [3.63, 3.8) is 0 Å². The van der Waals surface area contributed by atoms with E-state index in [4.69, 9.17) is 14.9 Å². The second-order valence-electron chi connectivity index (χ2n) is 2.12. The average Bonchev–Trinajstić information content (AvgIpc) is 1.55. The molecule has 0 amide bonds. The molecule has 0 unspecified atom stereocenters. The van der Waals surface area contributed by atoms with Crippen LogP contribution < -0.4 is 0 Å². The fourth-order valence-electron chi connectivity index (χ4n) is 0.719. The summed E-state index contributed by atoms with van der Waals surface area (Å²) in [6.45, 7) is 1.38. The zero-order valence-corrected chi connectivity index (χ0v) is 4.58. The van der Waals surface area contributed by atoms with Gasteiger partial charge >= 0.3 is 0 Å². The van der Waals surface area contributed by atoms with Gasteiger partial charge in [0.1, 0.15) is 0 Å². The highest BCUT2D eigenvalue weighted by molar-refractivity contribution is 4.65. The van der Waals surface area contributed by atoms with Gasteiger partial charge in [-0.15, -0.1) is 0 Å². The maximum atomic E-state index is 8.39. The number of ether oxygens (including phenoxy) is 1. The predicted octanol–water partition coefficient (Wildman–Crippen LogP) is -0.666. The van der Waals surface area contributed by atoms with Crippen LogP contribution in [-0.2, 0) is 4.74 Å². The Morgan fingerprint density at radius 3 is 2.25 bits per heavy atom. The number of aliphatic hydroxyl groups is 2. The van der Waals surface area contributed by atoms with E-state index in [1.54, 1.807) is 0 Å². The third-order valence-electron chi connectivity index (χ3n) is 1.25. The van der Waals surface area contributed by atoms with Crippen molar-refractivity contribution in [2.75, 3.05) is 13.2 Å². The summed E-state index contributed by atoms with van der Waals surface area (Å²) in [5, 5.41) is 16.8. The second kappa shape index (κ2) is 2.44. The molecule has 0 radical (unpaired) electrons. The van der Waals surface area contributed by atoms with E-state index in [1.165, 1.54) is 0 Å². The molecule has 0 aromatic heterocycles. The topological polar surface area (TPSA) is 49.7 Å². The molecular weight excluding hydrogens is 108 g/mol. The molecule has 1 fully saturated rings.